The number of hydrogen-bond donors (Lipinski definition) is 2. The van der Waals surface area contributed by atoms with Gasteiger partial charge in [0.05, 0.1) is 5.75 Å². The van der Waals surface area contributed by atoms with Crippen LogP contribution < -0.4 is 5.32 Å². The summed E-state index contributed by atoms with van der Waals surface area (Å²) in [6.07, 6.45) is 0.811. The third kappa shape index (κ3) is 5.20. The van der Waals surface area contributed by atoms with Crippen molar-refractivity contribution in [3.8, 4) is 11.4 Å². The summed E-state index contributed by atoms with van der Waals surface area (Å²) in [5, 5.41) is 10.4. The van der Waals surface area contributed by atoms with Gasteiger partial charge in [0.25, 0.3) is 0 Å². The molecule has 1 amide bonds. The molecule has 1 heterocycles. The van der Waals surface area contributed by atoms with Gasteiger partial charge in [-0.2, -0.15) is 0 Å². The van der Waals surface area contributed by atoms with E-state index >= 15 is 0 Å². The van der Waals surface area contributed by atoms with Gasteiger partial charge in [-0.25, -0.2) is 4.98 Å². The van der Waals surface area contributed by atoms with E-state index in [0.29, 0.717) is 29.9 Å². The Kier molecular flexibility index (Phi) is 6.23. The van der Waals surface area contributed by atoms with Crippen LogP contribution >= 0.6 is 11.8 Å². The second kappa shape index (κ2) is 8.43. The first-order valence-electron chi connectivity index (χ1n) is 6.66. The molecule has 0 aliphatic heterocycles. The fourth-order valence-electron chi connectivity index (χ4n) is 1.66. The van der Waals surface area contributed by atoms with Crippen LogP contribution in [-0.4, -0.2) is 47.1 Å². The number of thioether (sulfide) groups is 1. The Balaban J connectivity index is 1.77. The number of benzene rings is 1. The van der Waals surface area contributed by atoms with Crippen LogP contribution in [0.1, 0.15) is 6.42 Å². The molecule has 0 saturated heterocycles. The van der Waals surface area contributed by atoms with Crippen LogP contribution in [0.5, 0.6) is 0 Å². The van der Waals surface area contributed by atoms with Crippen molar-refractivity contribution < 1.29 is 9.53 Å². The summed E-state index contributed by atoms with van der Waals surface area (Å²) in [6.45, 7) is 1.27. The zero-order chi connectivity index (χ0) is 14.9. The molecule has 112 valence electrons. The topological polar surface area (TPSA) is 79.9 Å². The van der Waals surface area contributed by atoms with Gasteiger partial charge in [0.15, 0.2) is 5.82 Å². The number of methoxy groups -OCH3 is 1. The van der Waals surface area contributed by atoms with E-state index < -0.39 is 0 Å². The Morgan fingerprint density at radius 1 is 1.38 bits per heavy atom. The summed E-state index contributed by atoms with van der Waals surface area (Å²) in [6, 6.07) is 9.74. The predicted molar refractivity (Wildman–Crippen MR) is 82.0 cm³/mol. The fourth-order valence-corrected chi connectivity index (χ4v) is 2.29. The van der Waals surface area contributed by atoms with Crippen molar-refractivity contribution >= 4 is 17.7 Å². The van der Waals surface area contributed by atoms with E-state index in [1.54, 1.807) is 7.11 Å². The smallest absolute Gasteiger partial charge is 0.230 e. The van der Waals surface area contributed by atoms with Crippen molar-refractivity contribution in [1.82, 2.24) is 20.5 Å². The number of ether oxygens (including phenoxy) is 1. The standard InChI is InChI=1S/C14H18N4O2S/c1-20-9-5-8-15-12(19)10-21-14-16-13(17-18-14)11-6-3-2-4-7-11/h2-4,6-7H,5,8-10H2,1H3,(H,15,19)(H,16,17,18). The second-order valence-electron chi connectivity index (χ2n) is 4.32. The highest BCUT2D eigenvalue weighted by atomic mass is 32.2. The molecule has 0 spiro atoms. The van der Waals surface area contributed by atoms with Crippen LogP contribution in [0.15, 0.2) is 35.5 Å². The monoisotopic (exact) mass is 306 g/mol. The van der Waals surface area contributed by atoms with E-state index in [1.807, 2.05) is 30.3 Å². The Labute approximate surface area is 127 Å². The number of nitrogens with one attached hydrogen (secondary N) is 2. The van der Waals surface area contributed by atoms with Gasteiger partial charge in [0.2, 0.25) is 11.1 Å². The minimum Gasteiger partial charge on any atom is -0.385 e. The van der Waals surface area contributed by atoms with Crippen LogP contribution in [0.3, 0.4) is 0 Å². The Morgan fingerprint density at radius 3 is 2.95 bits per heavy atom. The highest BCUT2D eigenvalue weighted by Crippen LogP contribution is 2.18. The highest BCUT2D eigenvalue weighted by molar-refractivity contribution is 7.99. The lowest BCUT2D eigenvalue weighted by Crippen LogP contribution is -2.26. The molecule has 2 rings (SSSR count). The first-order valence-corrected chi connectivity index (χ1v) is 7.64. The molecular formula is C14H18N4O2S. The van der Waals surface area contributed by atoms with Crippen LogP contribution in [0.25, 0.3) is 11.4 Å². The largest absolute Gasteiger partial charge is 0.385 e. The number of carbonyl (C=O) groups excluding carboxylic acids is 1. The van der Waals surface area contributed by atoms with Crippen molar-refractivity contribution in [1.29, 1.82) is 0 Å². The average molecular weight is 306 g/mol. The van der Waals surface area contributed by atoms with Crippen LogP contribution in [0, 0.1) is 0 Å². The maximum atomic E-state index is 11.6. The zero-order valence-corrected chi connectivity index (χ0v) is 12.7. The van der Waals surface area contributed by atoms with E-state index in [4.69, 9.17) is 4.74 Å². The maximum absolute atomic E-state index is 11.6. The van der Waals surface area contributed by atoms with E-state index in [0.717, 1.165) is 12.0 Å². The molecule has 0 aliphatic rings. The Hall–Kier alpha value is -1.86. The van der Waals surface area contributed by atoms with Gasteiger partial charge in [0, 0.05) is 25.8 Å². The predicted octanol–water partition coefficient (Wildman–Crippen LogP) is 1.72. The third-order valence-electron chi connectivity index (χ3n) is 2.69. The number of nitrogens with zero attached hydrogens (tertiary/aromatic N) is 2. The lowest BCUT2D eigenvalue weighted by molar-refractivity contribution is -0.118. The minimum atomic E-state index is -0.0258. The number of H-pyrrole nitrogens is 1. The van der Waals surface area contributed by atoms with E-state index in [9.17, 15) is 4.79 Å². The molecule has 7 heteroatoms. The van der Waals surface area contributed by atoms with E-state index in [1.165, 1.54) is 11.8 Å². The molecule has 21 heavy (non-hydrogen) atoms. The maximum Gasteiger partial charge on any atom is 0.230 e. The first-order chi connectivity index (χ1) is 10.3. The average Bonchev–Trinajstić information content (AvgIpc) is 2.99. The number of aromatic nitrogens is 3. The number of amides is 1. The van der Waals surface area contributed by atoms with Gasteiger partial charge in [0.1, 0.15) is 0 Å². The summed E-state index contributed by atoms with van der Waals surface area (Å²) in [5.41, 5.74) is 0.973. The lowest BCUT2D eigenvalue weighted by Gasteiger charge is -2.02. The Morgan fingerprint density at radius 2 is 2.19 bits per heavy atom. The molecule has 0 unspecified atom stereocenters. The minimum absolute atomic E-state index is 0.0258. The molecule has 2 aromatic rings. The molecule has 1 aromatic carbocycles. The molecule has 0 atom stereocenters. The van der Waals surface area contributed by atoms with Gasteiger partial charge < -0.3 is 10.1 Å². The molecule has 6 nitrogen and oxygen atoms in total. The van der Waals surface area contributed by atoms with E-state index in [-0.39, 0.29) is 5.91 Å². The molecular weight excluding hydrogens is 288 g/mol. The summed E-state index contributed by atoms with van der Waals surface area (Å²) >= 11 is 1.31. The highest BCUT2D eigenvalue weighted by Gasteiger charge is 2.08. The van der Waals surface area contributed by atoms with E-state index in [2.05, 4.69) is 20.5 Å². The van der Waals surface area contributed by atoms with Crippen LogP contribution in [0.4, 0.5) is 0 Å². The van der Waals surface area contributed by atoms with Crippen molar-refractivity contribution in [2.75, 3.05) is 26.0 Å². The number of aromatic amines is 1. The quantitative estimate of drug-likeness (QED) is 0.573. The van der Waals surface area contributed by atoms with Gasteiger partial charge in [-0.15, -0.1) is 5.10 Å². The van der Waals surface area contributed by atoms with Gasteiger partial charge in [-0.05, 0) is 6.42 Å². The van der Waals surface area contributed by atoms with Crippen molar-refractivity contribution in [3.63, 3.8) is 0 Å². The molecule has 2 N–H and O–H groups in total. The zero-order valence-electron chi connectivity index (χ0n) is 11.8. The molecule has 0 aliphatic carbocycles. The lowest BCUT2D eigenvalue weighted by atomic mass is 10.2. The fraction of sp³-hybridized carbons (Fsp3) is 0.357. The molecule has 0 saturated carbocycles. The molecule has 0 fully saturated rings. The third-order valence-corrected chi connectivity index (χ3v) is 3.54. The second-order valence-corrected chi connectivity index (χ2v) is 5.26. The number of rotatable bonds is 8. The molecule has 1 aromatic heterocycles. The van der Waals surface area contributed by atoms with Crippen LogP contribution in [0.2, 0.25) is 0 Å². The van der Waals surface area contributed by atoms with Gasteiger partial charge in [-0.3, -0.25) is 9.89 Å². The Bertz CT molecular complexity index is 559. The molecule has 0 radical (unpaired) electrons. The summed E-state index contributed by atoms with van der Waals surface area (Å²) in [7, 11) is 1.64. The summed E-state index contributed by atoms with van der Waals surface area (Å²) in [4.78, 5) is 16.0. The number of hydrogen-bond acceptors (Lipinski definition) is 5. The van der Waals surface area contributed by atoms with Crippen molar-refractivity contribution in [3.05, 3.63) is 30.3 Å². The first kappa shape index (κ1) is 15.5. The van der Waals surface area contributed by atoms with Crippen LogP contribution in [-0.2, 0) is 9.53 Å². The SMILES string of the molecule is COCCCNC(=O)CSc1n[nH]c(-c2ccccc2)n1. The van der Waals surface area contributed by atoms with Gasteiger partial charge >= 0.3 is 0 Å². The summed E-state index contributed by atoms with van der Waals surface area (Å²) in [5.74, 6) is 0.986. The summed E-state index contributed by atoms with van der Waals surface area (Å²) < 4.78 is 4.92. The molecule has 0 bridgehead atoms. The van der Waals surface area contributed by atoms with Crippen molar-refractivity contribution in [2.24, 2.45) is 0 Å². The van der Waals surface area contributed by atoms with Crippen molar-refractivity contribution in [2.45, 2.75) is 11.6 Å². The number of carbonyl (C=O) groups is 1. The normalized spacial score (nSPS) is 10.5. The van der Waals surface area contributed by atoms with Gasteiger partial charge in [-0.1, -0.05) is 42.1 Å².